The van der Waals surface area contributed by atoms with E-state index in [4.69, 9.17) is 0 Å². The standard InChI is InChI=1S/C14H13N3O4/c1-10(11-5-3-2-4-6-11)15-13-8-7-12(16(18)19)9-14(13)17(20)21/h2-10,15H,1H3/t10-/m1/s1. The average Bonchev–Trinajstić information content (AvgIpc) is 2.48. The summed E-state index contributed by atoms with van der Waals surface area (Å²) >= 11 is 0. The summed E-state index contributed by atoms with van der Waals surface area (Å²) in [6, 6.07) is 12.8. The highest BCUT2D eigenvalue weighted by Gasteiger charge is 2.20. The van der Waals surface area contributed by atoms with Crippen molar-refractivity contribution >= 4 is 17.1 Å². The first-order valence-electron chi connectivity index (χ1n) is 6.23. The molecular formula is C14H13N3O4. The van der Waals surface area contributed by atoms with E-state index in [1.54, 1.807) is 0 Å². The second-order valence-corrected chi connectivity index (χ2v) is 4.49. The minimum atomic E-state index is -0.655. The molecule has 2 aromatic rings. The molecular weight excluding hydrogens is 274 g/mol. The van der Waals surface area contributed by atoms with Crippen LogP contribution in [0.2, 0.25) is 0 Å². The minimum Gasteiger partial charge on any atom is -0.373 e. The molecule has 0 aliphatic heterocycles. The monoisotopic (exact) mass is 287 g/mol. The van der Waals surface area contributed by atoms with Gasteiger partial charge in [-0.15, -0.1) is 0 Å². The van der Waals surface area contributed by atoms with E-state index in [1.807, 2.05) is 37.3 Å². The van der Waals surface area contributed by atoms with Crippen LogP contribution in [0.1, 0.15) is 18.5 Å². The molecule has 0 spiro atoms. The molecule has 0 aliphatic rings. The number of non-ortho nitro benzene ring substituents is 1. The molecule has 0 bridgehead atoms. The van der Waals surface area contributed by atoms with Gasteiger partial charge in [-0.25, -0.2) is 0 Å². The van der Waals surface area contributed by atoms with E-state index in [-0.39, 0.29) is 23.1 Å². The normalized spacial score (nSPS) is 11.7. The van der Waals surface area contributed by atoms with E-state index in [1.165, 1.54) is 12.1 Å². The molecule has 0 unspecified atom stereocenters. The maximum Gasteiger partial charge on any atom is 0.299 e. The van der Waals surface area contributed by atoms with Crippen molar-refractivity contribution in [3.8, 4) is 0 Å². The van der Waals surface area contributed by atoms with Gasteiger partial charge in [-0.1, -0.05) is 30.3 Å². The molecule has 0 saturated heterocycles. The van der Waals surface area contributed by atoms with Gasteiger partial charge in [0, 0.05) is 12.1 Å². The number of nitro groups is 2. The van der Waals surface area contributed by atoms with Crippen molar-refractivity contribution in [2.75, 3.05) is 5.32 Å². The second-order valence-electron chi connectivity index (χ2n) is 4.49. The van der Waals surface area contributed by atoms with E-state index in [0.29, 0.717) is 0 Å². The Morgan fingerprint density at radius 2 is 1.67 bits per heavy atom. The van der Waals surface area contributed by atoms with Crippen LogP contribution in [0.4, 0.5) is 17.1 Å². The molecule has 0 aliphatic carbocycles. The number of hydrogen-bond acceptors (Lipinski definition) is 5. The molecule has 108 valence electrons. The molecule has 21 heavy (non-hydrogen) atoms. The first kappa shape index (κ1) is 14.4. The molecule has 0 aromatic heterocycles. The van der Waals surface area contributed by atoms with Gasteiger partial charge in [0.25, 0.3) is 11.4 Å². The summed E-state index contributed by atoms with van der Waals surface area (Å²) in [4.78, 5) is 20.5. The molecule has 1 N–H and O–H groups in total. The Labute approximate surface area is 120 Å². The van der Waals surface area contributed by atoms with Gasteiger partial charge in [-0.3, -0.25) is 20.2 Å². The number of anilines is 1. The first-order valence-corrected chi connectivity index (χ1v) is 6.23. The fourth-order valence-electron chi connectivity index (χ4n) is 1.97. The lowest BCUT2D eigenvalue weighted by atomic mass is 10.1. The van der Waals surface area contributed by atoms with Gasteiger partial charge in [0.15, 0.2) is 0 Å². The lowest BCUT2D eigenvalue weighted by Gasteiger charge is -2.15. The first-order chi connectivity index (χ1) is 9.99. The van der Waals surface area contributed by atoms with Crippen LogP contribution in [0.15, 0.2) is 48.5 Å². The summed E-state index contributed by atoms with van der Waals surface area (Å²) < 4.78 is 0. The van der Waals surface area contributed by atoms with Crippen LogP contribution in [0.25, 0.3) is 0 Å². The van der Waals surface area contributed by atoms with E-state index >= 15 is 0 Å². The lowest BCUT2D eigenvalue weighted by molar-refractivity contribution is -0.393. The van der Waals surface area contributed by atoms with E-state index in [2.05, 4.69) is 5.32 Å². The van der Waals surface area contributed by atoms with Gasteiger partial charge in [-0.2, -0.15) is 0 Å². The fraction of sp³-hybridized carbons (Fsp3) is 0.143. The fourth-order valence-corrected chi connectivity index (χ4v) is 1.97. The highest BCUT2D eigenvalue weighted by atomic mass is 16.6. The molecule has 2 rings (SSSR count). The van der Waals surface area contributed by atoms with Crippen molar-refractivity contribution in [3.63, 3.8) is 0 Å². The van der Waals surface area contributed by atoms with Gasteiger partial charge in [0.2, 0.25) is 0 Å². The molecule has 1 atom stereocenters. The van der Waals surface area contributed by atoms with Gasteiger partial charge < -0.3 is 5.32 Å². The van der Waals surface area contributed by atoms with Crippen LogP contribution in [-0.2, 0) is 0 Å². The van der Waals surface area contributed by atoms with E-state index in [0.717, 1.165) is 11.6 Å². The Morgan fingerprint density at radius 1 is 1.00 bits per heavy atom. The van der Waals surface area contributed by atoms with Crippen molar-refractivity contribution in [2.24, 2.45) is 0 Å². The van der Waals surface area contributed by atoms with Gasteiger partial charge in [-0.05, 0) is 18.6 Å². The Hall–Kier alpha value is -2.96. The summed E-state index contributed by atoms with van der Waals surface area (Å²) in [6.45, 7) is 1.86. The predicted molar refractivity (Wildman–Crippen MR) is 78.2 cm³/mol. The zero-order valence-corrected chi connectivity index (χ0v) is 11.2. The number of rotatable bonds is 5. The van der Waals surface area contributed by atoms with Crippen molar-refractivity contribution in [2.45, 2.75) is 13.0 Å². The van der Waals surface area contributed by atoms with Crippen molar-refractivity contribution in [1.82, 2.24) is 0 Å². The van der Waals surface area contributed by atoms with Crippen LogP contribution < -0.4 is 5.32 Å². The molecule has 0 heterocycles. The van der Waals surface area contributed by atoms with Crippen molar-refractivity contribution in [1.29, 1.82) is 0 Å². The molecule has 7 heteroatoms. The van der Waals surface area contributed by atoms with Crippen molar-refractivity contribution in [3.05, 3.63) is 74.3 Å². The minimum absolute atomic E-state index is 0.161. The lowest BCUT2D eigenvalue weighted by Crippen LogP contribution is -2.08. The number of benzene rings is 2. The summed E-state index contributed by atoms with van der Waals surface area (Å²) in [5.41, 5.74) is 0.596. The Bertz CT molecular complexity index is 673. The van der Waals surface area contributed by atoms with E-state index in [9.17, 15) is 20.2 Å². The van der Waals surface area contributed by atoms with Gasteiger partial charge in [0.05, 0.1) is 15.9 Å². The van der Waals surface area contributed by atoms with Crippen LogP contribution in [0.3, 0.4) is 0 Å². The largest absolute Gasteiger partial charge is 0.373 e. The third-order valence-corrected chi connectivity index (χ3v) is 3.06. The van der Waals surface area contributed by atoms with Crippen LogP contribution in [0, 0.1) is 20.2 Å². The summed E-state index contributed by atoms with van der Waals surface area (Å²) in [6.07, 6.45) is 0. The van der Waals surface area contributed by atoms with Crippen LogP contribution >= 0.6 is 0 Å². The average molecular weight is 287 g/mol. The zero-order chi connectivity index (χ0) is 15.4. The van der Waals surface area contributed by atoms with Crippen molar-refractivity contribution < 1.29 is 9.85 Å². The molecule has 0 radical (unpaired) electrons. The quantitative estimate of drug-likeness (QED) is 0.668. The number of nitro benzene ring substituents is 2. The van der Waals surface area contributed by atoms with E-state index < -0.39 is 9.85 Å². The number of nitrogens with one attached hydrogen (secondary N) is 1. The number of nitrogens with zero attached hydrogens (tertiary/aromatic N) is 2. The predicted octanol–water partition coefficient (Wildman–Crippen LogP) is 3.68. The number of hydrogen-bond donors (Lipinski definition) is 1. The van der Waals surface area contributed by atoms with Gasteiger partial charge in [0.1, 0.15) is 5.69 Å². The highest BCUT2D eigenvalue weighted by Crippen LogP contribution is 2.31. The maximum atomic E-state index is 11.1. The summed E-state index contributed by atoms with van der Waals surface area (Å²) in [5.74, 6) is 0. The molecule has 0 saturated carbocycles. The third kappa shape index (κ3) is 3.33. The Morgan fingerprint density at radius 3 is 2.24 bits per heavy atom. The summed E-state index contributed by atoms with van der Waals surface area (Å²) in [5, 5.41) is 24.8. The molecule has 0 amide bonds. The van der Waals surface area contributed by atoms with Crippen LogP contribution in [0.5, 0.6) is 0 Å². The van der Waals surface area contributed by atoms with Gasteiger partial charge >= 0.3 is 0 Å². The maximum absolute atomic E-state index is 11.1. The second kappa shape index (κ2) is 6.00. The molecule has 2 aromatic carbocycles. The Balaban J connectivity index is 2.31. The third-order valence-electron chi connectivity index (χ3n) is 3.06. The molecule has 7 nitrogen and oxygen atoms in total. The highest BCUT2D eigenvalue weighted by molar-refractivity contribution is 5.65. The SMILES string of the molecule is C[C@@H](Nc1ccc([N+](=O)[O-])cc1[N+](=O)[O-])c1ccccc1. The smallest absolute Gasteiger partial charge is 0.299 e. The Kier molecular flexibility index (Phi) is 4.13. The van der Waals surface area contributed by atoms with Crippen LogP contribution in [-0.4, -0.2) is 9.85 Å². The molecule has 0 fully saturated rings. The topological polar surface area (TPSA) is 98.3 Å². The zero-order valence-electron chi connectivity index (χ0n) is 11.2. The summed E-state index contributed by atoms with van der Waals surface area (Å²) in [7, 11) is 0.